The molecule has 3 heterocycles. The molecule has 0 saturated carbocycles. The van der Waals surface area contributed by atoms with Crippen molar-refractivity contribution in [3.05, 3.63) is 17.0 Å². The number of thiophene rings is 1. The van der Waals surface area contributed by atoms with E-state index in [4.69, 9.17) is 0 Å². The van der Waals surface area contributed by atoms with Crippen LogP contribution in [0.1, 0.15) is 18.7 Å². The fraction of sp³-hybridized carbons (Fsp3) is 0.538. The summed E-state index contributed by atoms with van der Waals surface area (Å²) in [4.78, 5) is 9.40. The number of nitrogens with zero attached hydrogens (tertiary/aromatic N) is 3. The van der Waals surface area contributed by atoms with Gasteiger partial charge in [0.1, 0.15) is 0 Å². The SMILES string of the molecule is CCc1ccc(-c2nc(N3CCN[C@@H](C)C3)n[nH]2)s1. The van der Waals surface area contributed by atoms with Gasteiger partial charge < -0.3 is 10.2 Å². The van der Waals surface area contributed by atoms with E-state index in [1.54, 1.807) is 11.3 Å². The zero-order chi connectivity index (χ0) is 13.2. The monoisotopic (exact) mass is 277 g/mol. The average Bonchev–Trinajstić information content (AvgIpc) is 3.07. The van der Waals surface area contributed by atoms with Gasteiger partial charge in [-0.1, -0.05) is 6.92 Å². The van der Waals surface area contributed by atoms with Crippen LogP contribution in [0, 0.1) is 0 Å². The van der Waals surface area contributed by atoms with E-state index < -0.39 is 0 Å². The number of anilines is 1. The van der Waals surface area contributed by atoms with Gasteiger partial charge in [-0.05, 0) is 25.5 Å². The highest BCUT2D eigenvalue weighted by atomic mass is 32.1. The molecule has 2 aromatic heterocycles. The van der Waals surface area contributed by atoms with Crippen LogP contribution in [0.25, 0.3) is 10.7 Å². The van der Waals surface area contributed by atoms with Crippen molar-refractivity contribution in [2.45, 2.75) is 26.3 Å². The molecule has 1 aliphatic rings. The van der Waals surface area contributed by atoms with Crippen LogP contribution >= 0.6 is 11.3 Å². The standard InChI is InChI=1S/C13H19N5S/c1-3-10-4-5-11(19-10)12-15-13(17-16-12)18-7-6-14-9(2)8-18/h4-5,9,14H,3,6-8H2,1-2H3,(H,15,16,17)/t9-/m0/s1. The molecule has 0 unspecified atom stereocenters. The Labute approximate surface area is 117 Å². The first-order valence-corrected chi connectivity index (χ1v) is 7.57. The van der Waals surface area contributed by atoms with Gasteiger partial charge in [0.05, 0.1) is 4.88 Å². The first-order valence-electron chi connectivity index (χ1n) is 6.76. The Kier molecular flexibility index (Phi) is 3.52. The molecule has 102 valence electrons. The predicted octanol–water partition coefficient (Wildman–Crippen LogP) is 1.89. The van der Waals surface area contributed by atoms with Crippen molar-refractivity contribution in [2.24, 2.45) is 0 Å². The molecule has 0 amide bonds. The summed E-state index contributed by atoms with van der Waals surface area (Å²) in [5.41, 5.74) is 0. The Morgan fingerprint density at radius 3 is 3.11 bits per heavy atom. The normalized spacial score (nSPS) is 19.9. The van der Waals surface area contributed by atoms with Crippen LogP contribution in [0.4, 0.5) is 5.95 Å². The lowest BCUT2D eigenvalue weighted by Crippen LogP contribution is -2.49. The van der Waals surface area contributed by atoms with E-state index >= 15 is 0 Å². The number of hydrogen-bond donors (Lipinski definition) is 2. The maximum Gasteiger partial charge on any atom is 0.245 e. The Morgan fingerprint density at radius 2 is 2.37 bits per heavy atom. The van der Waals surface area contributed by atoms with Crippen molar-refractivity contribution < 1.29 is 0 Å². The molecular formula is C13H19N5S. The van der Waals surface area contributed by atoms with E-state index in [-0.39, 0.29) is 0 Å². The lowest BCUT2D eigenvalue weighted by atomic mass is 10.2. The van der Waals surface area contributed by atoms with Gasteiger partial charge >= 0.3 is 0 Å². The summed E-state index contributed by atoms with van der Waals surface area (Å²) in [5, 5.41) is 10.8. The maximum absolute atomic E-state index is 4.63. The summed E-state index contributed by atoms with van der Waals surface area (Å²) in [6.45, 7) is 7.27. The summed E-state index contributed by atoms with van der Waals surface area (Å²) in [6.07, 6.45) is 1.07. The number of rotatable bonds is 3. The molecule has 19 heavy (non-hydrogen) atoms. The highest BCUT2D eigenvalue weighted by Crippen LogP contribution is 2.26. The van der Waals surface area contributed by atoms with Crippen LogP contribution in [0.2, 0.25) is 0 Å². The van der Waals surface area contributed by atoms with Gasteiger partial charge in [0, 0.05) is 30.6 Å². The molecule has 0 aliphatic carbocycles. The van der Waals surface area contributed by atoms with Crippen LogP contribution < -0.4 is 10.2 Å². The fourth-order valence-electron chi connectivity index (χ4n) is 2.31. The molecule has 5 nitrogen and oxygen atoms in total. The first-order chi connectivity index (χ1) is 9.26. The van der Waals surface area contributed by atoms with Gasteiger partial charge in [-0.2, -0.15) is 4.98 Å². The zero-order valence-electron chi connectivity index (χ0n) is 11.3. The second-order valence-corrected chi connectivity index (χ2v) is 6.07. The number of aromatic amines is 1. The number of hydrogen-bond acceptors (Lipinski definition) is 5. The Bertz CT molecular complexity index is 547. The molecule has 0 spiro atoms. The van der Waals surface area contributed by atoms with Gasteiger partial charge in [-0.25, -0.2) is 0 Å². The Hall–Kier alpha value is -1.40. The third-order valence-electron chi connectivity index (χ3n) is 3.37. The maximum atomic E-state index is 4.63. The third kappa shape index (κ3) is 2.64. The molecule has 0 bridgehead atoms. The number of nitrogens with one attached hydrogen (secondary N) is 2. The lowest BCUT2D eigenvalue weighted by Gasteiger charge is -2.30. The second-order valence-electron chi connectivity index (χ2n) is 4.90. The van der Waals surface area contributed by atoms with Crippen molar-refractivity contribution in [1.82, 2.24) is 20.5 Å². The molecule has 0 aromatic carbocycles. The highest BCUT2D eigenvalue weighted by Gasteiger charge is 2.19. The van der Waals surface area contributed by atoms with E-state index in [9.17, 15) is 0 Å². The predicted molar refractivity (Wildman–Crippen MR) is 78.8 cm³/mol. The number of piperazine rings is 1. The largest absolute Gasteiger partial charge is 0.337 e. The van der Waals surface area contributed by atoms with Crippen LogP contribution in [-0.2, 0) is 6.42 Å². The van der Waals surface area contributed by atoms with Gasteiger partial charge in [0.15, 0.2) is 5.82 Å². The number of H-pyrrole nitrogens is 1. The van der Waals surface area contributed by atoms with E-state index in [2.05, 4.69) is 51.4 Å². The fourth-order valence-corrected chi connectivity index (χ4v) is 3.20. The van der Waals surface area contributed by atoms with E-state index in [0.29, 0.717) is 6.04 Å². The summed E-state index contributed by atoms with van der Waals surface area (Å²) in [6, 6.07) is 4.77. The minimum absolute atomic E-state index is 0.490. The quantitative estimate of drug-likeness (QED) is 0.899. The zero-order valence-corrected chi connectivity index (χ0v) is 12.1. The van der Waals surface area contributed by atoms with Crippen molar-refractivity contribution in [2.75, 3.05) is 24.5 Å². The average molecular weight is 277 g/mol. The van der Waals surface area contributed by atoms with Crippen molar-refractivity contribution in [3.8, 4) is 10.7 Å². The molecule has 3 rings (SSSR count). The highest BCUT2D eigenvalue weighted by molar-refractivity contribution is 7.15. The molecule has 1 saturated heterocycles. The van der Waals surface area contributed by atoms with Crippen LogP contribution in [-0.4, -0.2) is 40.9 Å². The summed E-state index contributed by atoms with van der Waals surface area (Å²) >= 11 is 1.78. The van der Waals surface area contributed by atoms with Gasteiger partial charge in [0.25, 0.3) is 0 Å². The third-order valence-corrected chi connectivity index (χ3v) is 4.61. The van der Waals surface area contributed by atoms with E-state index in [0.717, 1.165) is 37.8 Å². The molecule has 1 aliphatic heterocycles. The van der Waals surface area contributed by atoms with E-state index in [1.807, 2.05) is 0 Å². The minimum Gasteiger partial charge on any atom is -0.337 e. The lowest BCUT2D eigenvalue weighted by molar-refractivity contribution is 0.480. The summed E-state index contributed by atoms with van der Waals surface area (Å²) < 4.78 is 0. The van der Waals surface area contributed by atoms with Crippen LogP contribution in [0.15, 0.2) is 12.1 Å². The van der Waals surface area contributed by atoms with E-state index in [1.165, 1.54) is 9.75 Å². The smallest absolute Gasteiger partial charge is 0.245 e. The first kappa shape index (κ1) is 12.6. The second kappa shape index (κ2) is 5.30. The topological polar surface area (TPSA) is 56.8 Å². The molecule has 6 heteroatoms. The molecular weight excluding hydrogens is 258 g/mol. The Balaban J connectivity index is 1.78. The molecule has 1 fully saturated rings. The minimum atomic E-state index is 0.490. The van der Waals surface area contributed by atoms with Crippen molar-refractivity contribution >= 4 is 17.3 Å². The summed E-state index contributed by atoms with van der Waals surface area (Å²) in [7, 11) is 0. The Morgan fingerprint density at radius 1 is 1.47 bits per heavy atom. The molecule has 2 aromatic rings. The number of aromatic nitrogens is 3. The number of aryl methyl sites for hydroxylation is 1. The van der Waals surface area contributed by atoms with Crippen LogP contribution in [0.5, 0.6) is 0 Å². The van der Waals surface area contributed by atoms with Crippen molar-refractivity contribution in [3.63, 3.8) is 0 Å². The van der Waals surface area contributed by atoms with Crippen molar-refractivity contribution in [1.29, 1.82) is 0 Å². The molecule has 1 atom stereocenters. The van der Waals surface area contributed by atoms with Crippen LogP contribution in [0.3, 0.4) is 0 Å². The molecule has 0 radical (unpaired) electrons. The summed E-state index contributed by atoms with van der Waals surface area (Å²) in [5.74, 6) is 1.70. The van der Waals surface area contributed by atoms with Gasteiger partial charge in [0.2, 0.25) is 5.95 Å². The molecule has 2 N–H and O–H groups in total. The van der Waals surface area contributed by atoms with Gasteiger partial charge in [-0.15, -0.1) is 16.4 Å². The van der Waals surface area contributed by atoms with Gasteiger partial charge in [-0.3, -0.25) is 5.10 Å².